The molecule has 4 fully saturated rings. The molecule has 0 aromatic heterocycles. The van der Waals surface area contributed by atoms with E-state index < -0.39 is 0 Å². The van der Waals surface area contributed by atoms with Gasteiger partial charge in [-0.25, -0.2) is 0 Å². The van der Waals surface area contributed by atoms with E-state index in [0.717, 1.165) is 45.2 Å². The molecule has 0 aromatic carbocycles. The Kier molecular flexibility index (Phi) is 2.70. The molecule has 0 radical (unpaired) electrons. The fourth-order valence-corrected chi connectivity index (χ4v) is 4.36. The first-order valence-corrected chi connectivity index (χ1v) is 7.52. The summed E-state index contributed by atoms with van der Waals surface area (Å²) in [6, 6.07) is 0.837. The average molecular weight is 252 g/mol. The highest BCUT2D eigenvalue weighted by molar-refractivity contribution is 5.03. The highest BCUT2D eigenvalue weighted by Crippen LogP contribution is 2.48. The van der Waals surface area contributed by atoms with Gasteiger partial charge in [0.2, 0.25) is 0 Å². The lowest BCUT2D eigenvalue weighted by atomic mass is 9.64. The van der Waals surface area contributed by atoms with Crippen LogP contribution >= 0.6 is 0 Å². The second-order valence-electron chi connectivity index (χ2n) is 6.63. The molecular formula is C14H24N2O2. The van der Waals surface area contributed by atoms with Gasteiger partial charge < -0.3 is 14.8 Å². The number of hydrogen-bond donors (Lipinski definition) is 1. The van der Waals surface area contributed by atoms with Gasteiger partial charge in [-0.05, 0) is 31.2 Å². The molecule has 4 heteroatoms. The standard InChI is InChI=1S/C14H24N2O2/c1-4-15-11-13(1)9-12(10-13)16-5-2-14(3-6-16)17-7-8-18-14/h12,15H,1-11H2/t12-,13+. The Hall–Kier alpha value is -0.160. The van der Waals surface area contributed by atoms with Gasteiger partial charge in [-0.15, -0.1) is 0 Å². The monoisotopic (exact) mass is 252 g/mol. The Balaban J connectivity index is 1.30. The second kappa shape index (κ2) is 4.17. The summed E-state index contributed by atoms with van der Waals surface area (Å²) >= 11 is 0. The molecule has 102 valence electrons. The number of rotatable bonds is 1. The summed E-state index contributed by atoms with van der Waals surface area (Å²) in [6.07, 6.45) is 6.35. The summed E-state index contributed by atoms with van der Waals surface area (Å²) in [7, 11) is 0. The Morgan fingerprint density at radius 2 is 1.72 bits per heavy atom. The summed E-state index contributed by atoms with van der Waals surface area (Å²) in [4.78, 5) is 2.68. The Morgan fingerprint density at radius 3 is 2.33 bits per heavy atom. The molecule has 4 rings (SSSR count). The Morgan fingerprint density at radius 1 is 1.00 bits per heavy atom. The number of nitrogens with zero attached hydrogens (tertiary/aromatic N) is 1. The van der Waals surface area contributed by atoms with Crippen molar-refractivity contribution in [1.29, 1.82) is 0 Å². The number of ether oxygens (including phenoxy) is 2. The van der Waals surface area contributed by atoms with Crippen LogP contribution < -0.4 is 5.32 Å². The predicted octanol–water partition coefficient (Wildman–Crippen LogP) is 0.967. The van der Waals surface area contributed by atoms with Crippen LogP contribution in [-0.4, -0.2) is 56.1 Å². The van der Waals surface area contributed by atoms with Gasteiger partial charge in [0.1, 0.15) is 0 Å². The highest BCUT2D eigenvalue weighted by atomic mass is 16.7. The van der Waals surface area contributed by atoms with Crippen LogP contribution in [0.3, 0.4) is 0 Å². The summed E-state index contributed by atoms with van der Waals surface area (Å²) in [5, 5.41) is 3.52. The summed E-state index contributed by atoms with van der Waals surface area (Å²) in [6.45, 7) is 6.39. The van der Waals surface area contributed by atoms with Crippen molar-refractivity contribution in [3.63, 3.8) is 0 Å². The molecule has 3 saturated heterocycles. The molecule has 0 bridgehead atoms. The summed E-state index contributed by atoms with van der Waals surface area (Å²) in [5.74, 6) is -0.202. The van der Waals surface area contributed by atoms with E-state index in [9.17, 15) is 0 Å². The largest absolute Gasteiger partial charge is 0.347 e. The maximum Gasteiger partial charge on any atom is 0.170 e. The van der Waals surface area contributed by atoms with Gasteiger partial charge in [0.05, 0.1) is 13.2 Å². The predicted molar refractivity (Wildman–Crippen MR) is 68.4 cm³/mol. The lowest BCUT2D eigenvalue weighted by Gasteiger charge is -2.52. The van der Waals surface area contributed by atoms with Crippen molar-refractivity contribution < 1.29 is 9.47 Å². The van der Waals surface area contributed by atoms with Gasteiger partial charge in [0.15, 0.2) is 5.79 Å². The first kappa shape index (κ1) is 11.6. The summed E-state index contributed by atoms with van der Waals surface area (Å²) in [5.41, 5.74) is 0.667. The van der Waals surface area contributed by atoms with Crippen molar-refractivity contribution in [2.45, 2.75) is 43.9 Å². The zero-order valence-corrected chi connectivity index (χ0v) is 11.1. The average Bonchev–Trinajstić information content (AvgIpc) is 2.98. The molecule has 3 heterocycles. The van der Waals surface area contributed by atoms with E-state index in [1.54, 1.807) is 0 Å². The van der Waals surface area contributed by atoms with E-state index in [2.05, 4.69) is 10.2 Å². The molecule has 1 aliphatic carbocycles. The van der Waals surface area contributed by atoms with Crippen molar-refractivity contribution in [3.8, 4) is 0 Å². The van der Waals surface area contributed by atoms with E-state index in [0.29, 0.717) is 5.41 Å². The Labute approximate surface area is 109 Å². The molecule has 4 nitrogen and oxygen atoms in total. The van der Waals surface area contributed by atoms with E-state index in [-0.39, 0.29) is 5.79 Å². The fourth-order valence-electron chi connectivity index (χ4n) is 4.36. The smallest absolute Gasteiger partial charge is 0.170 e. The number of nitrogens with one attached hydrogen (secondary N) is 1. The SMILES string of the molecule is C1C[C@]2(CN1)C[C@@H](N1CCC3(CC1)OCCO3)C2. The number of piperidine rings is 1. The van der Waals surface area contributed by atoms with Crippen molar-refractivity contribution in [2.75, 3.05) is 39.4 Å². The molecule has 3 aliphatic heterocycles. The van der Waals surface area contributed by atoms with Crippen molar-refractivity contribution in [1.82, 2.24) is 10.2 Å². The fraction of sp³-hybridized carbons (Fsp3) is 1.00. The van der Waals surface area contributed by atoms with Gasteiger partial charge in [-0.2, -0.15) is 0 Å². The maximum atomic E-state index is 5.80. The van der Waals surface area contributed by atoms with Crippen molar-refractivity contribution in [2.24, 2.45) is 5.41 Å². The topological polar surface area (TPSA) is 33.7 Å². The summed E-state index contributed by atoms with van der Waals surface area (Å²) < 4.78 is 11.6. The lowest BCUT2D eigenvalue weighted by molar-refractivity contribution is -0.192. The molecule has 0 aromatic rings. The van der Waals surface area contributed by atoms with Crippen LogP contribution in [0.2, 0.25) is 0 Å². The van der Waals surface area contributed by atoms with Gasteiger partial charge in [0, 0.05) is 38.5 Å². The van der Waals surface area contributed by atoms with Gasteiger partial charge in [-0.3, -0.25) is 4.90 Å². The van der Waals surface area contributed by atoms with Crippen LogP contribution in [0.1, 0.15) is 32.1 Å². The minimum absolute atomic E-state index is 0.202. The van der Waals surface area contributed by atoms with E-state index in [1.165, 1.54) is 32.4 Å². The maximum absolute atomic E-state index is 5.80. The van der Waals surface area contributed by atoms with Crippen LogP contribution in [0.4, 0.5) is 0 Å². The molecular weight excluding hydrogens is 228 g/mol. The Bertz CT molecular complexity index is 304. The number of likely N-dealkylation sites (tertiary alicyclic amines) is 1. The van der Waals surface area contributed by atoms with Crippen molar-refractivity contribution >= 4 is 0 Å². The van der Waals surface area contributed by atoms with E-state index >= 15 is 0 Å². The van der Waals surface area contributed by atoms with Crippen LogP contribution in [0.15, 0.2) is 0 Å². The molecule has 1 N–H and O–H groups in total. The molecule has 0 amide bonds. The van der Waals surface area contributed by atoms with E-state index in [4.69, 9.17) is 9.47 Å². The van der Waals surface area contributed by atoms with Gasteiger partial charge in [0.25, 0.3) is 0 Å². The third-order valence-corrected chi connectivity index (χ3v) is 5.56. The zero-order valence-electron chi connectivity index (χ0n) is 11.1. The molecule has 1 saturated carbocycles. The van der Waals surface area contributed by atoms with Crippen LogP contribution in [0.5, 0.6) is 0 Å². The number of hydrogen-bond acceptors (Lipinski definition) is 4. The highest BCUT2D eigenvalue weighted by Gasteiger charge is 2.50. The van der Waals surface area contributed by atoms with Crippen LogP contribution in [-0.2, 0) is 9.47 Å². The molecule has 18 heavy (non-hydrogen) atoms. The normalized spacial score (nSPS) is 43.7. The van der Waals surface area contributed by atoms with Crippen LogP contribution in [0, 0.1) is 5.41 Å². The minimum Gasteiger partial charge on any atom is -0.347 e. The quantitative estimate of drug-likeness (QED) is 0.754. The zero-order chi connectivity index (χ0) is 12.1. The molecule has 0 unspecified atom stereocenters. The molecule has 0 atom stereocenters. The second-order valence-corrected chi connectivity index (χ2v) is 6.63. The van der Waals surface area contributed by atoms with Gasteiger partial charge >= 0.3 is 0 Å². The lowest BCUT2D eigenvalue weighted by Crippen LogP contribution is -2.56. The molecule has 4 aliphatic rings. The first-order chi connectivity index (χ1) is 8.79. The first-order valence-electron chi connectivity index (χ1n) is 7.52. The van der Waals surface area contributed by atoms with Crippen LogP contribution in [0.25, 0.3) is 0 Å². The third-order valence-electron chi connectivity index (χ3n) is 5.56. The molecule has 2 spiro atoms. The van der Waals surface area contributed by atoms with Crippen molar-refractivity contribution in [3.05, 3.63) is 0 Å². The third kappa shape index (κ3) is 1.82. The minimum atomic E-state index is -0.202. The van der Waals surface area contributed by atoms with Gasteiger partial charge in [-0.1, -0.05) is 0 Å². The van der Waals surface area contributed by atoms with E-state index in [1.807, 2.05) is 0 Å².